The maximum absolute atomic E-state index is 14.8. The number of benzene rings is 4. The molecule has 0 aliphatic carbocycles. The van der Waals surface area contributed by atoms with Gasteiger partial charge in [-0.1, -0.05) is 113 Å². The van der Waals surface area contributed by atoms with Gasteiger partial charge in [0.2, 0.25) is 70.9 Å². The van der Waals surface area contributed by atoms with Crippen LogP contribution in [0.3, 0.4) is 0 Å². The third kappa shape index (κ3) is 24.3. The van der Waals surface area contributed by atoms with E-state index in [1.807, 2.05) is 0 Å². The lowest BCUT2D eigenvalue weighted by Gasteiger charge is -2.31. The molecule has 2 aliphatic heterocycles. The number of aromatic nitrogens is 1. The quantitative estimate of drug-likeness (QED) is 0.0413. The summed E-state index contributed by atoms with van der Waals surface area (Å²) in [6.45, 7) is -0.00449. The highest BCUT2D eigenvalue weighted by Gasteiger charge is 2.42. The number of H-pyrrole nitrogens is 1. The molecule has 2 saturated heterocycles. The zero-order chi connectivity index (χ0) is 75.7. The largest absolute Gasteiger partial charge is 0.508 e. The number of aliphatic hydroxyl groups is 1. The number of rotatable bonds is 17. The van der Waals surface area contributed by atoms with Crippen molar-refractivity contribution in [3.63, 3.8) is 0 Å². The number of aromatic amines is 1. The summed E-state index contributed by atoms with van der Waals surface area (Å²) in [5, 5.41) is 75.9. The molecule has 104 heavy (non-hydrogen) atoms. The number of aromatic hydroxyl groups is 1. The molecule has 2 fully saturated rings. The van der Waals surface area contributed by atoms with Gasteiger partial charge >= 0.3 is 17.9 Å². The minimum Gasteiger partial charge on any atom is -0.508 e. The van der Waals surface area contributed by atoms with Gasteiger partial charge in [0.25, 0.3) is 0 Å². The number of carbonyl (C=O) groups is 15. The predicted octanol–water partition coefficient (Wildman–Crippen LogP) is -2.98. The van der Waals surface area contributed by atoms with Gasteiger partial charge < -0.3 is 100 Å². The Kier molecular flexibility index (Phi) is 29.9. The Morgan fingerprint density at radius 3 is 1.64 bits per heavy atom. The molecule has 7 rings (SSSR count). The van der Waals surface area contributed by atoms with Crippen LogP contribution in [-0.4, -0.2) is 221 Å². The molecule has 34 nitrogen and oxygen atoms in total. The first-order valence-corrected chi connectivity index (χ1v) is 35.4. The van der Waals surface area contributed by atoms with Gasteiger partial charge in [0, 0.05) is 67.3 Å². The van der Waals surface area contributed by atoms with Crippen LogP contribution in [0.2, 0.25) is 0 Å². The van der Waals surface area contributed by atoms with Gasteiger partial charge in [-0.15, -0.1) is 0 Å². The fourth-order valence-corrected chi connectivity index (χ4v) is 13.6. The highest BCUT2D eigenvalue weighted by molar-refractivity contribution is 8.76. The standard InChI is InChI=1S/C68H82N14O20S2/c1-35(83)57-66(99)79-50(27-37-13-6-3-7-14-37)67(100)82-24-10-17-52(82)65(98)80-51(68(101)102)34-104-103-33-42(69)58(91)75-47(28-39-31-71-43-16-9-8-15-41(39)43)62(95)76-46(25-36-11-4-2-5-12-36)61(94)74-44(22-23-55(87)88)59(92)72-32-54(86)73-45(26-38-18-20-40(84)21-19-38)60(93)78-49(30-56(89)90)63(96)77-48(29-53(70)85)64(97)81-57/h2-9,11-16,18-21,31,35,42,44-52,57,71,83-84H,10,17,22-30,32-34,69H2,1H3,(H2,70,85)(H,72,92)(H,73,86)(H,74,94)(H,75,91)(H,76,95)(H,77,96)(H,78,93)(H,79,99)(H,80,98)(H,81,97)(H,87,88)(H,89,90)(H,101,102)/t35?,42?,44-,45-,46-,47-,48-,49-,50-,51-,52-,57-/m0/s1. The number of amides is 12. The van der Waals surface area contributed by atoms with Crippen LogP contribution in [0.25, 0.3) is 10.9 Å². The zero-order valence-electron chi connectivity index (χ0n) is 56.1. The lowest BCUT2D eigenvalue weighted by Crippen LogP contribution is -2.62. The van der Waals surface area contributed by atoms with Crippen LogP contribution in [0.1, 0.15) is 67.7 Å². The normalized spacial score (nSPS) is 24.3. The number of carbonyl (C=O) groups excluding carboxylic acids is 12. The van der Waals surface area contributed by atoms with Gasteiger partial charge in [-0.05, 0) is 66.6 Å². The Hall–Kier alpha value is -11.1. The van der Waals surface area contributed by atoms with E-state index in [1.54, 1.807) is 91.1 Å². The molecule has 12 atom stereocenters. The highest BCUT2D eigenvalue weighted by atomic mass is 33.1. The lowest BCUT2D eigenvalue weighted by atomic mass is 10.0. The molecular weight excluding hydrogens is 1400 g/mol. The van der Waals surface area contributed by atoms with Crippen LogP contribution in [-0.2, 0) is 97.6 Å². The van der Waals surface area contributed by atoms with Gasteiger partial charge in [0.15, 0.2) is 0 Å². The number of carboxylic acid groups (broad SMARTS) is 3. The Bertz CT molecular complexity index is 3950. The van der Waals surface area contributed by atoms with Crippen LogP contribution >= 0.6 is 21.6 Å². The number of nitrogens with zero attached hydrogens (tertiary/aromatic N) is 1. The SMILES string of the molecule is CC(O)[C@@H]1NC(=O)[C@H](CC(N)=O)NC(=O)[C@H](CC(=O)O)NC(=O)[C@H](Cc2ccc(O)cc2)NC(=O)CNC(=O)[C@H](CCC(=O)O)NC(=O)[C@H](Cc2ccccc2)NC(=O)[C@H](Cc2c[nH]c3ccccc23)NC(=O)C(N)CSSC[C@@H](C(=O)O)NC(=O)[C@@H]2CCCN2C(=O)[C@H](Cc2ccccc2)NC1=O. The first kappa shape index (κ1) is 80.2. The molecule has 5 aromatic rings. The molecule has 556 valence electrons. The topological polar surface area (TPSA) is 549 Å². The number of nitrogens with two attached hydrogens (primary N) is 2. The van der Waals surface area contributed by atoms with Gasteiger partial charge in [0.1, 0.15) is 66.2 Å². The van der Waals surface area contributed by atoms with Crippen LogP contribution < -0.4 is 64.6 Å². The van der Waals surface area contributed by atoms with E-state index in [0.717, 1.165) is 33.4 Å². The molecule has 3 heterocycles. The fraction of sp³-hybridized carbons (Fsp3) is 0.397. The number of phenols is 1. The van der Waals surface area contributed by atoms with Gasteiger partial charge in [-0.2, -0.15) is 0 Å². The van der Waals surface area contributed by atoms with E-state index in [0.29, 0.717) is 27.6 Å². The van der Waals surface area contributed by atoms with Gasteiger partial charge in [0.05, 0.1) is 31.5 Å². The number of aliphatic carboxylic acids is 3. The number of aliphatic hydroxyl groups excluding tert-OH is 1. The molecule has 20 N–H and O–H groups in total. The zero-order valence-corrected chi connectivity index (χ0v) is 57.7. The number of fused-ring (bicyclic) bond motifs is 2. The molecular formula is C68H82N14O20S2. The second kappa shape index (κ2) is 38.8. The van der Waals surface area contributed by atoms with E-state index in [-0.39, 0.29) is 61.5 Å². The van der Waals surface area contributed by atoms with Crippen molar-refractivity contribution in [2.24, 2.45) is 11.5 Å². The van der Waals surface area contributed by atoms with Crippen molar-refractivity contribution in [1.82, 2.24) is 63.1 Å². The first-order valence-electron chi connectivity index (χ1n) is 32.9. The van der Waals surface area contributed by atoms with Crippen molar-refractivity contribution in [3.05, 3.63) is 138 Å². The van der Waals surface area contributed by atoms with Crippen LogP contribution in [0, 0.1) is 0 Å². The number of primary amides is 1. The number of hydrogen-bond donors (Lipinski definition) is 18. The number of phenolic OH excluding ortho intramolecular Hbond substituents is 1. The van der Waals surface area contributed by atoms with Crippen molar-refractivity contribution in [2.45, 2.75) is 144 Å². The molecule has 0 bridgehead atoms. The average molecular weight is 1480 g/mol. The van der Waals surface area contributed by atoms with Crippen molar-refractivity contribution < 1.29 is 97.5 Å². The molecule has 1 aromatic heterocycles. The maximum atomic E-state index is 14.8. The summed E-state index contributed by atoms with van der Waals surface area (Å²) in [7, 11) is 1.86. The summed E-state index contributed by atoms with van der Waals surface area (Å²) in [6.07, 6.45) is -4.75. The first-order chi connectivity index (χ1) is 49.5. The van der Waals surface area contributed by atoms with E-state index < -0.39 is 200 Å². The summed E-state index contributed by atoms with van der Waals surface area (Å²) >= 11 is 0. The third-order valence-electron chi connectivity index (χ3n) is 16.7. The van der Waals surface area contributed by atoms with Crippen LogP contribution in [0.4, 0.5) is 0 Å². The summed E-state index contributed by atoms with van der Waals surface area (Å²) < 4.78 is 0. The van der Waals surface area contributed by atoms with E-state index in [2.05, 4.69) is 58.2 Å². The van der Waals surface area contributed by atoms with Gasteiger partial charge in [-0.3, -0.25) is 67.1 Å². The van der Waals surface area contributed by atoms with Crippen LogP contribution in [0.15, 0.2) is 115 Å². The predicted molar refractivity (Wildman–Crippen MR) is 374 cm³/mol. The Labute approximate surface area is 602 Å². The number of carboxylic acids is 3. The smallest absolute Gasteiger partial charge is 0.327 e. The summed E-state index contributed by atoms with van der Waals surface area (Å²) in [4.78, 5) is 212. The summed E-state index contributed by atoms with van der Waals surface area (Å²) in [5.41, 5.74) is 14.3. The van der Waals surface area contributed by atoms with E-state index in [9.17, 15) is 97.5 Å². The number of nitrogens with one attached hydrogen (secondary N) is 11. The molecule has 12 amide bonds. The average Bonchev–Trinajstić information content (AvgIpc) is 1.84. The molecule has 0 radical (unpaired) electrons. The third-order valence-corrected chi connectivity index (χ3v) is 19.2. The monoisotopic (exact) mass is 1480 g/mol. The minimum absolute atomic E-state index is 0.0308. The highest BCUT2D eigenvalue weighted by Crippen LogP contribution is 2.26. The van der Waals surface area contributed by atoms with Crippen molar-refractivity contribution in [2.75, 3.05) is 24.6 Å². The number of para-hydroxylation sites is 1. The summed E-state index contributed by atoms with van der Waals surface area (Å²) in [5.74, 6) is -18.8. The van der Waals surface area contributed by atoms with Crippen molar-refractivity contribution in [1.29, 1.82) is 0 Å². The minimum atomic E-state index is -2.16. The second-order valence-corrected chi connectivity index (χ2v) is 27.3. The fourth-order valence-electron chi connectivity index (χ4n) is 11.3. The summed E-state index contributed by atoms with van der Waals surface area (Å²) in [6, 6.07) is 9.81. The van der Waals surface area contributed by atoms with E-state index in [1.165, 1.54) is 24.3 Å². The Balaban J connectivity index is 1.23. The maximum Gasteiger partial charge on any atom is 0.327 e. The lowest BCUT2D eigenvalue weighted by molar-refractivity contribution is -0.144. The molecule has 0 saturated carbocycles. The Morgan fingerprint density at radius 2 is 1.05 bits per heavy atom. The van der Waals surface area contributed by atoms with Crippen LogP contribution in [0.5, 0.6) is 5.75 Å². The van der Waals surface area contributed by atoms with Crippen molar-refractivity contribution in [3.8, 4) is 5.75 Å². The molecule has 2 aliphatic rings. The molecule has 2 unspecified atom stereocenters. The Morgan fingerprint density at radius 1 is 0.538 bits per heavy atom. The van der Waals surface area contributed by atoms with Gasteiger partial charge in [-0.25, -0.2) is 4.79 Å². The molecule has 0 spiro atoms. The second-order valence-electron chi connectivity index (χ2n) is 24.7. The molecule has 4 aromatic carbocycles. The number of hydrogen-bond acceptors (Lipinski definition) is 20. The van der Waals surface area contributed by atoms with Crippen molar-refractivity contribution >= 4 is 121 Å². The van der Waals surface area contributed by atoms with E-state index in [4.69, 9.17) is 11.5 Å². The molecule has 36 heteroatoms. The van der Waals surface area contributed by atoms with E-state index >= 15 is 0 Å².